The second-order valence-corrected chi connectivity index (χ2v) is 8.29. The second-order valence-electron chi connectivity index (χ2n) is 5.83. The van der Waals surface area contributed by atoms with Crippen LogP contribution >= 0.6 is 27.3 Å². The molecule has 0 unspecified atom stereocenters. The van der Waals surface area contributed by atoms with E-state index in [-0.39, 0.29) is 5.78 Å². The van der Waals surface area contributed by atoms with E-state index < -0.39 is 0 Å². The number of imidazole rings is 2. The summed E-state index contributed by atoms with van der Waals surface area (Å²) >= 11 is 4.91. The zero-order valence-electron chi connectivity index (χ0n) is 13.5. The van der Waals surface area contributed by atoms with Gasteiger partial charge in [-0.25, -0.2) is 9.55 Å². The SMILES string of the molecule is CCC[n+]1c2ccccc2n2c(C(=O)c3ccc(Br)s3)c(C)[nH]c21. The summed E-state index contributed by atoms with van der Waals surface area (Å²) in [5.41, 5.74) is 3.82. The first-order valence-corrected chi connectivity index (χ1v) is 9.54. The number of halogens is 1. The number of benzene rings is 1. The third-order valence-corrected chi connectivity index (χ3v) is 5.84. The van der Waals surface area contributed by atoms with Crippen molar-refractivity contribution in [2.75, 3.05) is 0 Å². The number of rotatable bonds is 4. The van der Waals surface area contributed by atoms with E-state index in [9.17, 15) is 4.79 Å². The Labute approximate surface area is 151 Å². The van der Waals surface area contributed by atoms with E-state index in [4.69, 9.17) is 0 Å². The number of ketones is 1. The van der Waals surface area contributed by atoms with Crippen LogP contribution in [0.25, 0.3) is 16.8 Å². The first-order chi connectivity index (χ1) is 11.6. The van der Waals surface area contributed by atoms with Crippen molar-refractivity contribution in [3.05, 3.63) is 56.4 Å². The molecule has 1 aromatic carbocycles. The molecular formula is C18H17BrN3OS+. The standard InChI is InChI=1S/C18H16BrN3OS/c1-3-10-21-12-6-4-5-7-13(12)22-16(11(2)20-18(21)22)17(23)14-8-9-15(19)24-14/h4-9H,3,10H2,1-2H3/p+1. The van der Waals surface area contributed by atoms with Gasteiger partial charge in [0.15, 0.2) is 5.69 Å². The van der Waals surface area contributed by atoms with Crippen LogP contribution in [-0.2, 0) is 6.54 Å². The number of fused-ring (bicyclic) bond motifs is 3. The van der Waals surface area contributed by atoms with E-state index in [1.165, 1.54) is 11.3 Å². The number of nitrogens with one attached hydrogen (secondary N) is 1. The minimum Gasteiger partial charge on any atom is -0.284 e. The number of nitrogens with zero attached hydrogens (tertiary/aromatic N) is 2. The van der Waals surface area contributed by atoms with E-state index in [2.05, 4.69) is 48.9 Å². The summed E-state index contributed by atoms with van der Waals surface area (Å²) in [7, 11) is 0. The van der Waals surface area contributed by atoms with Crippen molar-refractivity contribution in [2.45, 2.75) is 26.8 Å². The quantitative estimate of drug-likeness (QED) is 0.396. The summed E-state index contributed by atoms with van der Waals surface area (Å²) in [5.74, 6) is 1.02. The maximum absolute atomic E-state index is 13.1. The van der Waals surface area contributed by atoms with Crippen molar-refractivity contribution in [3.63, 3.8) is 0 Å². The number of aromatic amines is 1. The molecule has 0 saturated heterocycles. The monoisotopic (exact) mass is 402 g/mol. The Morgan fingerprint density at radius 3 is 2.79 bits per heavy atom. The summed E-state index contributed by atoms with van der Waals surface area (Å²) in [4.78, 5) is 17.3. The van der Waals surface area contributed by atoms with Crippen LogP contribution in [0, 0.1) is 6.92 Å². The van der Waals surface area contributed by atoms with Gasteiger partial charge in [0.1, 0.15) is 16.7 Å². The molecule has 0 amide bonds. The van der Waals surface area contributed by atoms with Crippen molar-refractivity contribution in [1.82, 2.24) is 9.38 Å². The number of carbonyl (C=O) groups excluding carboxylic acids is 1. The van der Waals surface area contributed by atoms with Crippen molar-refractivity contribution in [2.24, 2.45) is 0 Å². The van der Waals surface area contributed by atoms with Crippen molar-refractivity contribution in [3.8, 4) is 0 Å². The lowest BCUT2D eigenvalue weighted by Gasteiger charge is -1.96. The lowest BCUT2D eigenvalue weighted by atomic mass is 10.2. The van der Waals surface area contributed by atoms with Gasteiger partial charge >= 0.3 is 5.78 Å². The van der Waals surface area contributed by atoms with E-state index in [0.29, 0.717) is 5.69 Å². The lowest BCUT2D eigenvalue weighted by molar-refractivity contribution is -0.647. The zero-order chi connectivity index (χ0) is 16.8. The van der Waals surface area contributed by atoms with E-state index >= 15 is 0 Å². The molecule has 0 bridgehead atoms. The van der Waals surface area contributed by atoms with Crippen LogP contribution in [0.2, 0.25) is 0 Å². The zero-order valence-corrected chi connectivity index (χ0v) is 15.9. The molecule has 0 aliphatic rings. The number of hydrogen-bond acceptors (Lipinski definition) is 2. The summed E-state index contributed by atoms with van der Waals surface area (Å²) in [6.07, 6.45) is 1.04. The first-order valence-electron chi connectivity index (χ1n) is 7.93. The van der Waals surface area contributed by atoms with Crippen LogP contribution in [0.15, 0.2) is 40.2 Å². The Morgan fingerprint density at radius 1 is 1.29 bits per heavy atom. The minimum atomic E-state index is 0.0545. The summed E-state index contributed by atoms with van der Waals surface area (Å²) in [5, 5.41) is 0. The molecule has 122 valence electrons. The van der Waals surface area contributed by atoms with Gasteiger partial charge in [-0.15, -0.1) is 11.3 Å². The third kappa shape index (κ3) is 2.24. The van der Waals surface area contributed by atoms with Gasteiger partial charge in [0.25, 0.3) is 0 Å². The number of aryl methyl sites for hydroxylation is 2. The molecule has 3 aromatic heterocycles. The number of H-pyrrole nitrogens is 1. The molecule has 4 nitrogen and oxygen atoms in total. The molecule has 0 aliphatic carbocycles. The Bertz CT molecular complexity index is 1070. The number of aromatic nitrogens is 3. The van der Waals surface area contributed by atoms with Crippen LogP contribution in [0.3, 0.4) is 0 Å². The van der Waals surface area contributed by atoms with Gasteiger partial charge in [-0.1, -0.05) is 19.1 Å². The predicted molar refractivity (Wildman–Crippen MR) is 99.9 cm³/mol. The van der Waals surface area contributed by atoms with Crippen molar-refractivity contribution in [1.29, 1.82) is 0 Å². The van der Waals surface area contributed by atoms with Gasteiger partial charge in [0, 0.05) is 0 Å². The molecule has 3 heterocycles. The highest BCUT2D eigenvalue weighted by molar-refractivity contribution is 9.11. The molecule has 0 saturated carbocycles. The normalized spacial score (nSPS) is 11.6. The van der Waals surface area contributed by atoms with Gasteiger partial charge in [0.05, 0.1) is 15.2 Å². The largest absolute Gasteiger partial charge is 0.368 e. The van der Waals surface area contributed by atoms with Crippen LogP contribution in [0.1, 0.15) is 34.4 Å². The Morgan fingerprint density at radius 2 is 2.08 bits per heavy atom. The van der Waals surface area contributed by atoms with Gasteiger partial charge in [-0.05, 0) is 53.5 Å². The van der Waals surface area contributed by atoms with Gasteiger partial charge in [0.2, 0.25) is 5.78 Å². The molecule has 4 rings (SSSR count). The van der Waals surface area contributed by atoms with Gasteiger partial charge in [-0.3, -0.25) is 4.79 Å². The number of hydrogen-bond donors (Lipinski definition) is 1. The smallest absolute Gasteiger partial charge is 0.284 e. The Kier molecular flexibility index (Phi) is 3.81. The number of carbonyl (C=O) groups is 1. The first kappa shape index (κ1) is 15.6. The lowest BCUT2D eigenvalue weighted by Crippen LogP contribution is -2.33. The molecule has 24 heavy (non-hydrogen) atoms. The number of para-hydroxylation sites is 2. The maximum Gasteiger partial charge on any atom is 0.368 e. The molecule has 0 fully saturated rings. The summed E-state index contributed by atoms with van der Waals surface area (Å²) < 4.78 is 5.29. The topological polar surface area (TPSA) is 41.1 Å². The average Bonchev–Trinajstić information content (AvgIpc) is 3.22. The molecule has 0 spiro atoms. The highest BCUT2D eigenvalue weighted by atomic mass is 79.9. The van der Waals surface area contributed by atoms with E-state index in [0.717, 1.165) is 44.1 Å². The number of thiophene rings is 1. The van der Waals surface area contributed by atoms with E-state index in [1.54, 1.807) is 0 Å². The van der Waals surface area contributed by atoms with Gasteiger partial charge in [-0.2, -0.15) is 4.40 Å². The fourth-order valence-corrected chi connectivity index (χ4v) is 4.58. The van der Waals surface area contributed by atoms with E-state index in [1.807, 2.05) is 31.2 Å². The van der Waals surface area contributed by atoms with Crippen molar-refractivity contribution >= 4 is 49.9 Å². The van der Waals surface area contributed by atoms with Crippen LogP contribution in [-0.4, -0.2) is 15.2 Å². The van der Waals surface area contributed by atoms with Gasteiger partial charge < -0.3 is 0 Å². The summed E-state index contributed by atoms with van der Waals surface area (Å²) in [6, 6.07) is 12.0. The predicted octanol–water partition coefficient (Wildman–Crippen LogP) is 4.48. The highest BCUT2D eigenvalue weighted by Crippen LogP contribution is 2.27. The van der Waals surface area contributed by atoms with Crippen molar-refractivity contribution < 1.29 is 9.36 Å². The second kappa shape index (κ2) is 5.86. The highest BCUT2D eigenvalue weighted by Gasteiger charge is 2.29. The van der Waals surface area contributed by atoms with Crippen LogP contribution < -0.4 is 4.57 Å². The molecule has 0 atom stereocenters. The fraction of sp³-hybridized carbons (Fsp3) is 0.222. The molecule has 1 N–H and O–H groups in total. The molecule has 6 heteroatoms. The average molecular weight is 403 g/mol. The molecule has 0 radical (unpaired) electrons. The molecule has 4 aromatic rings. The third-order valence-electron chi connectivity index (χ3n) is 4.22. The fourth-order valence-electron chi connectivity index (χ4n) is 3.25. The molecular weight excluding hydrogens is 386 g/mol. The minimum absolute atomic E-state index is 0.0545. The Hall–Kier alpha value is -1.92. The summed E-state index contributed by atoms with van der Waals surface area (Å²) in [6.45, 7) is 5.04. The Balaban J connectivity index is 2.04. The van der Waals surface area contributed by atoms with Crippen LogP contribution in [0.5, 0.6) is 0 Å². The van der Waals surface area contributed by atoms with Crippen LogP contribution in [0.4, 0.5) is 0 Å². The molecule has 0 aliphatic heterocycles. The maximum atomic E-state index is 13.1.